The van der Waals surface area contributed by atoms with Crippen molar-refractivity contribution in [2.75, 3.05) is 28.5 Å². The number of nitrogens with one attached hydrogen (secondary N) is 1. The molecule has 1 aliphatic rings. The number of nitrogens with zero attached hydrogens (tertiary/aromatic N) is 3. The molecule has 1 saturated heterocycles. The number of aromatic nitrogens is 2. The molecule has 0 aliphatic carbocycles. The van der Waals surface area contributed by atoms with Crippen LogP contribution in [0.15, 0.2) is 12.1 Å². The zero-order valence-electron chi connectivity index (χ0n) is 12.0. The van der Waals surface area contributed by atoms with Crippen LogP contribution in [-0.2, 0) is 10.0 Å². The molecular weight excluding hydrogens is 276 g/mol. The Labute approximate surface area is 120 Å². The SMILES string of the molecule is CCCS(=O)(=O)Nc1ccc(N2CCCC(C)C2)nn1. The Morgan fingerprint density at radius 3 is 2.80 bits per heavy atom. The van der Waals surface area contributed by atoms with Crippen LogP contribution in [0, 0.1) is 5.92 Å². The molecule has 1 N–H and O–H groups in total. The number of hydrogen-bond donors (Lipinski definition) is 1. The third-order valence-corrected chi connectivity index (χ3v) is 4.83. The molecule has 20 heavy (non-hydrogen) atoms. The fraction of sp³-hybridized carbons (Fsp3) is 0.692. The van der Waals surface area contributed by atoms with Crippen molar-refractivity contribution in [1.82, 2.24) is 10.2 Å². The van der Waals surface area contributed by atoms with Gasteiger partial charge in [-0.3, -0.25) is 4.72 Å². The van der Waals surface area contributed by atoms with Gasteiger partial charge in [0.05, 0.1) is 5.75 Å². The first-order valence-corrected chi connectivity index (χ1v) is 8.74. The molecule has 0 saturated carbocycles. The first-order valence-electron chi connectivity index (χ1n) is 7.09. The minimum atomic E-state index is -3.30. The fourth-order valence-corrected chi connectivity index (χ4v) is 3.49. The van der Waals surface area contributed by atoms with Gasteiger partial charge in [-0.1, -0.05) is 13.8 Å². The molecule has 7 heteroatoms. The summed E-state index contributed by atoms with van der Waals surface area (Å²) in [4.78, 5) is 2.20. The van der Waals surface area contributed by atoms with Gasteiger partial charge in [0.15, 0.2) is 11.6 Å². The van der Waals surface area contributed by atoms with Gasteiger partial charge < -0.3 is 4.90 Å². The molecule has 2 rings (SSSR count). The molecule has 1 aliphatic heterocycles. The molecule has 0 aromatic carbocycles. The lowest BCUT2D eigenvalue weighted by Crippen LogP contribution is -2.34. The Hall–Kier alpha value is -1.37. The van der Waals surface area contributed by atoms with Gasteiger partial charge in [-0.2, -0.15) is 0 Å². The topological polar surface area (TPSA) is 75.2 Å². The van der Waals surface area contributed by atoms with Gasteiger partial charge in [-0.05, 0) is 37.3 Å². The van der Waals surface area contributed by atoms with Crippen LogP contribution >= 0.6 is 0 Å². The summed E-state index contributed by atoms with van der Waals surface area (Å²) in [5.41, 5.74) is 0. The standard InChI is InChI=1S/C13H22N4O2S/c1-3-9-20(18,19)16-12-6-7-13(15-14-12)17-8-4-5-11(2)10-17/h6-7,11H,3-5,8-10H2,1-2H3,(H,14,16). The smallest absolute Gasteiger partial charge is 0.233 e. The van der Waals surface area contributed by atoms with Gasteiger partial charge in [0.25, 0.3) is 0 Å². The Kier molecular flexibility index (Phi) is 4.80. The Bertz CT molecular complexity index is 530. The lowest BCUT2D eigenvalue weighted by molar-refractivity contribution is 0.444. The van der Waals surface area contributed by atoms with Crippen LogP contribution in [0.1, 0.15) is 33.1 Å². The summed E-state index contributed by atoms with van der Waals surface area (Å²) < 4.78 is 25.7. The first kappa shape index (κ1) is 15.0. The van der Waals surface area contributed by atoms with E-state index in [2.05, 4.69) is 26.7 Å². The molecule has 2 heterocycles. The van der Waals surface area contributed by atoms with Crippen molar-refractivity contribution in [1.29, 1.82) is 0 Å². The van der Waals surface area contributed by atoms with Crippen molar-refractivity contribution in [3.8, 4) is 0 Å². The van der Waals surface area contributed by atoms with Crippen molar-refractivity contribution in [3.63, 3.8) is 0 Å². The lowest BCUT2D eigenvalue weighted by Gasteiger charge is -2.31. The second-order valence-electron chi connectivity index (χ2n) is 5.39. The Morgan fingerprint density at radius 1 is 1.40 bits per heavy atom. The average molecular weight is 298 g/mol. The maximum atomic E-state index is 11.6. The fourth-order valence-electron chi connectivity index (χ4n) is 2.42. The van der Waals surface area contributed by atoms with Crippen molar-refractivity contribution >= 4 is 21.7 Å². The number of anilines is 2. The highest BCUT2D eigenvalue weighted by atomic mass is 32.2. The summed E-state index contributed by atoms with van der Waals surface area (Å²) in [6.45, 7) is 6.02. The monoisotopic (exact) mass is 298 g/mol. The summed E-state index contributed by atoms with van der Waals surface area (Å²) in [6, 6.07) is 3.50. The summed E-state index contributed by atoms with van der Waals surface area (Å²) in [6.07, 6.45) is 2.99. The second-order valence-corrected chi connectivity index (χ2v) is 7.23. The second kappa shape index (κ2) is 6.39. The van der Waals surface area contributed by atoms with E-state index in [9.17, 15) is 8.42 Å². The number of rotatable bonds is 5. The molecule has 112 valence electrons. The number of sulfonamides is 1. The molecule has 0 amide bonds. The van der Waals surface area contributed by atoms with Crippen molar-refractivity contribution in [2.24, 2.45) is 5.92 Å². The summed E-state index contributed by atoms with van der Waals surface area (Å²) in [7, 11) is -3.30. The van der Waals surface area contributed by atoms with E-state index in [4.69, 9.17) is 0 Å². The molecule has 1 aromatic heterocycles. The minimum absolute atomic E-state index is 0.0973. The maximum Gasteiger partial charge on any atom is 0.233 e. The van der Waals surface area contributed by atoms with Crippen LogP contribution in [0.2, 0.25) is 0 Å². The van der Waals surface area contributed by atoms with Gasteiger partial charge in [0, 0.05) is 13.1 Å². The van der Waals surface area contributed by atoms with Gasteiger partial charge in [0.2, 0.25) is 10.0 Å². The van der Waals surface area contributed by atoms with Gasteiger partial charge in [-0.15, -0.1) is 10.2 Å². The molecule has 0 radical (unpaired) electrons. The molecule has 1 unspecified atom stereocenters. The third-order valence-electron chi connectivity index (χ3n) is 3.36. The van der Waals surface area contributed by atoms with Crippen LogP contribution in [-0.4, -0.2) is 37.5 Å². The van der Waals surface area contributed by atoms with Crippen molar-refractivity contribution < 1.29 is 8.42 Å². The zero-order chi connectivity index (χ0) is 14.6. The quantitative estimate of drug-likeness (QED) is 0.898. The number of piperidine rings is 1. The predicted octanol–water partition coefficient (Wildman–Crippen LogP) is 1.86. The summed E-state index contributed by atoms with van der Waals surface area (Å²) in [5.74, 6) is 1.86. The van der Waals surface area contributed by atoms with Gasteiger partial charge >= 0.3 is 0 Å². The molecule has 6 nitrogen and oxygen atoms in total. The minimum Gasteiger partial charge on any atom is -0.355 e. The van der Waals surface area contributed by atoms with Crippen molar-refractivity contribution in [2.45, 2.75) is 33.1 Å². The van der Waals surface area contributed by atoms with Crippen LogP contribution in [0.3, 0.4) is 0 Å². The Morgan fingerprint density at radius 2 is 2.20 bits per heavy atom. The number of hydrogen-bond acceptors (Lipinski definition) is 5. The van der Waals surface area contributed by atoms with Crippen LogP contribution in [0.5, 0.6) is 0 Å². The molecular formula is C13H22N4O2S. The van der Waals surface area contributed by atoms with Gasteiger partial charge in [0.1, 0.15) is 0 Å². The van der Waals surface area contributed by atoms with Gasteiger partial charge in [-0.25, -0.2) is 8.42 Å². The summed E-state index contributed by atoms with van der Waals surface area (Å²) in [5, 5.41) is 8.09. The molecule has 0 spiro atoms. The Balaban J connectivity index is 2.03. The highest BCUT2D eigenvalue weighted by Crippen LogP contribution is 2.21. The molecule has 0 bridgehead atoms. The molecule has 1 atom stereocenters. The van der Waals surface area contributed by atoms with E-state index in [-0.39, 0.29) is 11.6 Å². The van der Waals surface area contributed by atoms with Crippen LogP contribution in [0.4, 0.5) is 11.6 Å². The predicted molar refractivity (Wildman–Crippen MR) is 80.3 cm³/mol. The highest BCUT2D eigenvalue weighted by Gasteiger charge is 2.18. The third kappa shape index (κ3) is 4.06. The zero-order valence-corrected chi connectivity index (χ0v) is 12.9. The highest BCUT2D eigenvalue weighted by molar-refractivity contribution is 7.92. The van der Waals surface area contributed by atoms with Crippen LogP contribution in [0.25, 0.3) is 0 Å². The van der Waals surface area contributed by atoms with E-state index in [0.29, 0.717) is 12.3 Å². The van der Waals surface area contributed by atoms with Crippen LogP contribution < -0.4 is 9.62 Å². The van der Waals surface area contributed by atoms with E-state index < -0.39 is 10.0 Å². The maximum absolute atomic E-state index is 11.6. The van der Waals surface area contributed by atoms with E-state index in [0.717, 1.165) is 25.3 Å². The van der Waals surface area contributed by atoms with E-state index >= 15 is 0 Å². The van der Waals surface area contributed by atoms with Crippen molar-refractivity contribution in [3.05, 3.63) is 12.1 Å². The van der Waals surface area contributed by atoms with E-state index in [1.54, 1.807) is 6.07 Å². The van der Waals surface area contributed by atoms with E-state index in [1.165, 1.54) is 6.42 Å². The average Bonchev–Trinajstić information content (AvgIpc) is 2.39. The normalized spacial score (nSPS) is 19.9. The van der Waals surface area contributed by atoms with E-state index in [1.807, 2.05) is 13.0 Å². The lowest BCUT2D eigenvalue weighted by atomic mass is 10.0. The molecule has 1 aromatic rings. The molecule has 1 fully saturated rings. The largest absolute Gasteiger partial charge is 0.355 e. The summed E-state index contributed by atoms with van der Waals surface area (Å²) >= 11 is 0. The first-order chi connectivity index (χ1) is 9.50.